The highest BCUT2D eigenvalue weighted by atomic mass is 28.3. The summed E-state index contributed by atoms with van der Waals surface area (Å²) in [5.41, 5.74) is 15.4. The molecule has 16 aromatic rings. The molecule has 0 N–H and O–H groups in total. The van der Waals surface area contributed by atoms with Crippen LogP contribution in [0.15, 0.2) is 360 Å². The molecule has 0 radical (unpaired) electrons. The van der Waals surface area contributed by atoms with E-state index < -0.39 is 32.3 Å². The van der Waals surface area contributed by atoms with Crippen molar-refractivity contribution in [1.29, 1.82) is 0 Å². The molecule has 0 unspecified atom stereocenters. The Morgan fingerprint density at radius 1 is 0.178 bits per heavy atom. The summed E-state index contributed by atoms with van der Waals surface area (Å²) in [7, 11) is -8.81. The highest BCUT2D eigenvalue weighted by Gasteiger charge is 2.40. The largest absolute Gasteiger partial charge is 0.265 e. The molecular formula is C89H80N14Si4. The minimum absolute atomic E-state index is 0.941. The number of benzene rings is 2. The van der Waals surface area contributed by atoms with Gasteiger partial charge in [-0.05, 0) is 171 Å². The molecule has 0 bridgehead atoms. The van der Waals surface area contributed by atoms with Gasteiger partial charge in [0.05, 0.1) is 11.4 Å². The van der Waals surface area contributed by atoms with Gasteiger partial charge in [-0.1, -0.05) is 161 Å². The lowest BCUT2D eigenvalue weighted by Crippen LogP contribution is -2.66. The van der Waals surface area contributed by atoms with Gasteiger partial charge in [-0.3, -0.25) is 69.8 Å². The molecule has 16 rings (SSSR count). The van der Waals surface area contributed by atoms with E-state index in [2.05, 4.69) is 208 Å². The van der Waals surface area contributed by atoms with E-state index in [0.29, 0.717) is 0 Å². The molecular weight excluding hydrogens is 1380 g/mol. The number of hydrogen-bond donors (Lipinski definition) is 0. The summed E-state index contributed by atoms with van der Waals surface area (Å²) in [6.07, 6.45) is 35.1. The van der Waals surface area contributed by atoms with Crippen molar-refractivity contribution in [1.82, 2.24) is 69.8 Å². The van der Waals surface area contributed by atoms with Gasteiger partial charge in [0, 0.05) is 188 Å². The fraction of sp³-hybridized carbons (Fsp3) is 0.0787. The van der Waals surface area contributed by atoms with Crippen molar-refractivity contribution < 1.29 is 0 Å². The summed E-state index contributed by atoms with van der Waals surface area (Å²) in [6, 6.07) is 82.7. The van der Waals surface area contributed by atoms with Crippen LogP contribution in [0.1, 0.15) is 0 Å². The molecule has 0 saturated carbocycles. The molecule has 522 valence electrons. The Kier molecular flexibility index (Phi) is 23.0. The van der Waals surface area contributed by atoms with E-state index in [-0.39, 0.29) is 0 Å². The first-order chi connectivity index (χ1) is 52.3. The van der Waals surface area contributed by atoms with Crippen LogP contribution in [0.2, 0.25) is 45.8 Å². The first kappa shape index (κ1) is 72.7. The lowest BCUT2D eigenvalue weighted by molar-refractivity contribution is 1.28. The quantitative estimate of drug-likeness (QED) is 0.0834. The van der Waals surface area contributed by atoms with Crippen molar-refractivity contribution in [2.45, 2.75) is 45.8 Å². The highest BCUT2D eigenvalue weighted by molar-refractivity contribution is 7.11. The Labute approximate surface area is 629 Å². The Bertz CT molecular complexity index is 4810. The van der Waals surface area contributed by atoms with Crippen LogP contribution in [-0.4, -0.2) is 102 Å². The third-order valence-corrected chi connectivity index (χ3v) is 33.0. The zero-order chi connectivity index (χ0) is 73.9. The van der Waals surface area contributed by atoms with Crippen molar-refractivity contribution in [2.24, 2.45) is 0 Å². The summed E-state index contributed by atoms with van der Waals surface area (Å²) in [5, 5.41) is 10.6. The molecule has 0 saturated heterocycles. The maximum atomic E-state index is 4.92. The summed E-state index contributed by atoms with van der Waals surface area (Å²) in [4.78, 5) is 63.9. The number of rotatable bonds is 16. The van der Waals surface area contributed by atoms with Gasteiger partial charge < -0.3 is 0 Å². The summed E-state index contributed by atoms with van der Waals surface area (Å²) in [6.45, 7) is 16.2. The maximum Gasteiger partial charge on any atom is 0.169 e. The van der Waals surface area contributed by atoms with Gasteiger partial charge >= 0.3 is 0 Å². The third-order valence-electron chi connectivity index (χ3n) is 19.2. The van der Waals surface area contributed by atoms with Crippen LogP contribution in [0, 0.1) is 0 Å². The monoisotopic (exact) mass is 1460 g/mol. The zero-order valence-corrected chi connectivity index (χ0v) is 64.8. The van der Waals surface area contributed by atoms with E-state index in [4.69, 9.17) is 34.9 Å². The Hall–Kier alpha value is -12.6. The van der Waals surface area contributed by atoms with E-state index in [1.807, 2.05) is 221 Å². The van der Waals surface area contributed by atoms with Crippen LogP contribution in [0.4, 0.5) is 0 Å². The van der Waals surface area contributed by atoms with E-state index in [0.717, 1.165) is 104 Å². The average Bonchev–Trinajstić information content (AvgIpc) is 0.770. The van der Waals surface area contributed by atoms with Crippen LogP contribution in [0.25, 0.3) is 78.1 Å². The topological polar surface area (TPSA) is 180 Å². The SMILES string of the molecule is C[Si](C)(c1ncccc1-c1ccccn1)c1ncccc1-c1ccccn1.C[Si](C)(c1ncccc1-c1cccnc1)c1ncccc1-c1cccnc1.C[Si](C)(c1ncccc1-c1ccncc1)c1ncccc1-c1ccncc1.C[Si](c1ccccc1)(c1ccccc1)c1ncccc1-c1ccncc1. The summed E-state index contributed by atoms with van der Waals surface area (Å²) >= 11 is 0. The van der Waals surface area contributed by atoms with Crippen molar-refractivity contribution in [3.63, 3.8) is 0 Å². The van der Waals surface area contributed by atoms with E-state index in [1.54, 1.807) is 12.4 Å². The predicted octanol–water partition coefficient (Wildman–Crippen LogP) is 13.5. The molecule has 0 aliphatic heterocycles. The molecule has 0 amide bonds. The molecule has 14 aromatic heterocycles. The van der Waals surface area contributed by atoms with Crippen LogP contribution < -0.4 is 47.6 Å². The van der Waals surface area contributed by atoms with Crippen molar-refractivity contribution in [3.8, 4) is 78.1 Å². The zero-order valence-electron chi connectivity index (χ0n) is 60.8. The van der Waals surface area contributed by atoms with Gasteiger partial charge in [0.15, 0.2) is 32.3 Å². The smallest absolute Gasteiger partial charge is 0.169 e. The van der Waals surface area contributed by atoms with Crippen LogP contribution >= 0.6 is 0 Å². The van der Waals surface area contributed by atoms with Gasteiger partial charge in [0.1, 0.15) is 0 Å². The minimum Gasteiger partial charge on any atom is -0.265 e. The van der Waals surface area contributed by atoms with Crippen LogP contribution in [0.5, 0.6) is 0 Å². The fourth-order valence-electron chi connectivity index (χ4n) is 13.8. The molecule has 14 heterocycles. The first-order valence-corrected chi connectivity index (χ1v) is 47.0. The fourth-order valence-corrected chi connectivity index (χ4v) is 25.9. The maximum absolute atomic E-state index is 4.92. The molecule has 18 heteroatoms. The van der Waals surface area contributed by atoms with E-state index in [1.165, 1.54) is 21.3 Å². The average molecular weight is 1460 g/mol. The molecule has 0 aliphatic carbocycles. The molecule has 2 aromatic carbocycles. The lowest BCUT2D eigenvalue weighted by Gasteiger charge is -2.30. The van der Waals surface area contributed by atoms with Gasteiger partial charge in [-0.25, -0.2) is 0 Å². The Morgan fingerprint density at radius 3 is 0.720 bits per heavy atom. The Balaban J connectivity index is 0.000000126. The van der Waals surface area contributed by atoms with Crippen molar-refractivity contribution >= 4 is 79.9 Å². The minimum atomic E-state index is -2.24. The predicted molar refractivity (Wildman–Crippen MR) is 446 cm³/mol. The van der Waals surface area contributed by atoms with Crippen LogP contribution in [0.3, 0.4) is 0 Å². The molecule has 14 nitrogen and oxygen atoms in total. The summed E-state index contributed by atoms with van der Waals surface area (Å²) in [5.74, 6) is 0. The lowest BCUT2D eigenvalue weighted by atomic mass is 10.1. The van der Waals surface area contributed by atoms with E-state index in [9.17, 15) is 0 Å². The normalized spacial score (nSPS) is 11.3. The van der Waals surface area contributed by atoms with Gasteiger partial charge in [-0.2, -0.15) is 0 Å². The van der Waals surface area contributed by atoms with Gasteiger partial charge in [0.2, 0.25) is 0 Å². The standard InChI is InChI=1S/C23H20N2Si.3C22H20N4Si/c1-26(20-9-4-2-5-10-20,21-11-6-3-7-12-21)23-22(13-8-16-25-23)19-14-17-24-18-15-19;1-27(2,21-19(9-5-13-25-21)17-7-3-11-23-15-17)22-20(10-6-14-26-22)18-8-4-12-24-16-18;1-27(2,21-19(5-3-11-25-21)17-7-13-23-14-8-17)22-20(6-4-12-26-22)18-9-15-24-16-10-18;1-27(2,21-17(9-7-15-25-21)19-11-3-5-13-23-19)22-18(10-8-16-26-22)20-12-4-6-14-24-20/h2-18H,1H3;3*3-16H,1-2H3. The molecule has 0 fully saturated rings. The molecule has 107 heavy (non-hydrogen) atoms. The second kappa shape index (κ2) is 33.9. The summed E-state index contributed by atoms with van der Waals surface area (Å²) < 4.78 is 0. The molecule has 0 atom stereocenters. The van der Waals surface area contributed by atoms with Gasteiger partial charge in [-0.15, -0.1) is 0 Å². The molecule has 0 aliphatic rings. The number of pyridine rings is 14. The van der Waals surface area contributed by atoms with Crippen LogP contribution in [-0.2, 0) is 0 Å². The van der Waals surface area contributed by atoms with Crippen molar-refractivity contribution in [3.05, 3.63) is 360 Å². The highest BCUT2D eigenvalue weighted by Crippen LogP contribution is 2.27. The Morgan fingerprint density at radius 2 is 0.430 bits per heavy atom. The first-order valence-electron chi connectivity index (χ1n) is 35.5. The second-order valence-corrected chi connectivity index (χ2v) is 43.6. The van der Waals surface area contributed by atoms with Crippen molar-refractivity contribution in [2.75, 3.05) is 0 Å². The van der Waals surface area contributed by atoms with Gasteiger partial charge in [0.25, 0.3) is 0 Å². The molecule has 0 spiro atoms. The third kappa shape index (κ3) is 16.4. The number of aromatic nitrogens is 14. The number of nitrogens with zero attached hydrogens (tertiary/aromatic N) is 14. The van der Waals surface area contributed by atoms with E-state index >= 15 is 0 Å². The number of hydrogen-bond acceptors (Lipinski definition) is 14. The second-order valence-electron chi connectivity index (χ2n) is 27.2.